The molecule has 0 bridgehead atoms. The Hall–Kier alpha value is -2.89. The van der Waals surface area contributed by atoms with Gasteiger partial charge in [-0.1, -0.05) is 29.4 Å². The number of aromatic nitrogens is 3. The van der Waals surface area contributed by atoms with Crippen molar-refractivity contribution >= 4 is 17.2 Å². The van der Waals surface area contributed by atoms with Gasteiger partial charge in [-0.2, -0.15) is 0 Å². The average molecular weight is 308 g/mol. The first-order chi connectivity index (χ1) is 11.2. The number of carbonyl (C=O) groups is 1. The lowest BCUT2D eigenvalue weighted by molar-refractivity contribution is -0.121. The molecule has 1 aliphatic rings. The third kappa shape index (κ3) is 2.32. The summed E-state index contributed by atoms with van der Waals surface area (Å²) in [6.07, 6.45) is 2.68. The van der Waals surface area contributed by atoms with Gasteiger partial charge in [0.05, 0.1) is 0 Å². The zero-order chi connectivity index (χ0) is 15.8. The molecule has 4 rings (SSSR count). The first-order valence-electron chi connectivity index (χ1n) is 7.56. The molecule has 1 atom stereocenters. The van der Waals surface area contributed by atoms with Gasteiger partial charge in [0.25, 0.3) is 5.91 Å². The predicted molar refractivity (Wildman–Crippen MR) is 85.6 cm³/mol. The van der Waals surface area contributed by atoms with Crippen LogP contribution in [0.4, 0.5) is 5.69 Å². The number of fused-ring (bicyclic) bond motifs is 2. The van der Waals surface area contributed by atoms with Crippen LogP contribution in [0.15, 0.2) is 48.7 Å². The Morgan fingerprint density at radius 2 is 2.04 bits per heavy atom. The molecular weight excluding hydrogens is 292 g/mol. The van der Waals surface area contributed by atoms with E-state index < -0.39 is 0 Å². The average Bonchev–Trinajstić information content (AvgIpc) is 3.12. The van der Waals surface area contributed by atoms with Crippen LogP contribution >= 0.6 is 0 Å². The molecule has 2 aromatic heterocycles. The Labute approximate surface area is 133 Å². The van der Waals surface area contributed by atoms with Crippen LogP contribution < -0.4 is 9.64 Å². The molecule has 0 unspecified atom stereocenters. The number of ether oxygens (including phenoxy) is 1. The first kappa shape index (κ1) is 13.8. The molecule has 3 aromatic rings. The second-order valence-electron chi connectivity index (χ2n) is 5.65. The van der Waals surface area contributed by atoms with E-state index in [2.05, 4.69) is 16.3 Å². The molecule has 0 aliphatic carbocycles. The van der Waals surface area contributed by atoms with Crippen LogP contribution in [0.25, 0.3) is 5.65 Å². The van der Waals surface area contributed by atoms with Crippen molar-refractivity contribution in [2.75, 3.05) is 11.5 Å². The molecule has 1 aliphatic heterocycles. The van der Waals surface area contributed by atoms with E-state index >= 15 is 0 Å². The zero-order valence-corrected chi connectivity index (χ0v) is 12.7. The summed E-state index contributed by atoms with van der Waals surface area (Å²) < 4.78 is 7.31. The van der Waals surface area contributed by atoms with Crippen LogP contribution in [0.1, 0.15) is 12.5 Å². The fourth-order valence-electron chi connectivity index (χ4n) is 3.06. The van der Waals surface area contributed by atoms with Gasteiger partial charge in [0.1, 0.15) is 0 Å². The van der Waals surface area contributed by atoms with Gasteiger partial charge in [-0.3, -0.25) is 9.20 Å². The van der Waals surface area contributed by atoms with Crippen LogP contribution in [-0.2, 0) is 11.2 Å². The lowest BCUT2D eigenvalue weighted by Gasteiger charge is -2.22. The molecule has 0 saturated heterocycles. The van der Waals surface area contributed by atoms with Gasteiger partial charge in [-0.15, -0.1) is 5.10 Å². The highest BCUT2D eigenvalue weighted by atomic mass is 16.5. The standard InChI is InChI=1S/C17H16N4O2/c1-12-10-13-6-2-3-7-14(13)21(12)16(22)11-23-17-19-18-15-8-4-5-9-20(15)17/h2-9,12H,10-11H2,1H3/t12-/m1/s1. The van der Waals surface area contributed by atoms with Gasteiger partial charge in [0, 0.05) is 17.9 Å². The van der Waals surface area contributed by atoms with E-state index in [1.54, 1.807) is 9.30 Å². The van der Waals surface area contributed by atoms with E-state index in [1.165, 1.54) is 5.56 Å². The maximum absolute atomic E-state index is 12.6. The van der Waals surface area contributed by atoms with Crippen molar-refractivity contribution in [3.63, 3.8) is 0 Å². The summed E-state index contributed by atoms with van der Waals surface area (Å²) in [6, 6.07) is 14.0. The largest absolute Gasteiger partial charge is 0.453 e. The van der Waals surface area contributed by atoms with Crippen molar-refractivity contribution in [1.29, 1.82) is 0 Å². The predicted octanol–water partition coefficient (Wildman–Crippen LogP) is 2.09. The van der Waals surface area contributed by atoms with Crippen molar-refractivity contribution in [3.8, 4) is 6.01 Å². The molecule has 0 radical (unpaired) electrons. The minimum Gasteiger partial charge on any atom is -0.453 e. The zero-order valence-electron chi connectivity index (χ0n) is 12.7. The van der Waals surface area contributed by atoms with E-state index in [1.807, 2.05) is 49.5 Å². The van der Waals surface area contributed by atoms with E-state index in [-0.39, 0.29) is 18.6 Å². The molecule has 23 heavy (non-hydrogen) atoms. The summed E-state index contributed by atoms with van der Waals surface area (Å²) in [7, 11) is 0. The smallest absolute Gasteiger partial charge is 0.322 e. The Morgan fingerprint density at radius 1 is 1.22 bits per heavy atom. The number of amides is 1. The summed E-state index contributed by atoms with van der Waals surface area (Å²) >= 11 is 0. The summed E-state index contributed by atoms with van der Waals surface area (Å²) in [5, 5.41) is 7.99. The number of pyridine rings is 1. The lowest BCUT2D eigenvalue weighted by atomic mass is 10.1. The second-order valence-corrected chi connectivity index (χ2v) is 5.65. The van der Waals surface area contributed by atoms with Crippen molar-refractivity contribution in [3.05, 3.63) is 54.2 Å². The SMILES string of the molecule is C[C@@H]1Cc2ccccc2N1C(=O)COc1nnc2ccccn12. The summed E-state index contributed by atoms with van der Waals surface area (Å²) in [4.78, 5) is 14.4. The fraction of sp³-hybridized carbons (Fsp3) is 0.235. The van der Waals surface area contributed by atoms with Crippen LogP contribution in [0.3, 0.4) is 0 Å². The third-order valence-electron chi connectivity index (χ3n) is 4.08. The molecule has 0 fully saturated rings. The summed E-state index contributed by atoms with van der Waals surface area (Å²) in [5.41, 5.74) is 2.86. The van der Waals surface area contributed by atoms with Crippen LogP contribution in [0.5, 0.6) is 6.01 Å². The molecule has 1 amide bonds. The summed E-state index contributed by atoms with van der Waals surface area (Å²) in [5.74, 6) is -0.0740. The highest BCUT2D eigenvalue weighted by Gasteiger charge is 2.30. The number of hydrogen-bond donors (Lipinski definition) is 0. The first-order valence-corrected chi connectivity index (χ1v) is 7.56. The van der Waals surface area contributed by atoms with Crippen LogP contribution in [0, 0.1) is 0 Å². The van der Waals surface area contributed by atoms with Crippen molar-refractivity contribution in [1.82, 2.24) is 14.6 Å². The summed E-state index contributed by atoms with van der Waals surface area (Å²) in [6.45, 7) is 1.98. The number of nitrogens with zero attached hydrogens (tertiary/aromatic N) is 4. The van der Waals surface area contributed by atoms with Gasteiger partial charge in [-0.25, -0.2) is 0 Å². The van der Waals surface area contributed by atoms with Crippen LogP contribution in [-0.4, -0.2) is 33.2 Å². The highest BCUT2D eigenvalue weighted by Crippen LogP contribution is 2.31. The Morgan fingerprint density at radius 3 is 2.96 bits per heavy atom. The van der Waals surface area contributed by atoms with E-state index in [0.29, 0.717) is 11.7 Å². The molecule has 6 heteroatoms. The van der Waals surface area contributed by atoms with Gasteiger partial charge < -0.3 is 9.64 Å². The second kappa shape index (κ2) is 5.39. The van der Waals surface area contributed by atoms with Gasteiger partial charge >= 0.3 is 6.01 Å². The van der Waals surface area contributed by atoms with E-state index in [0.717, 1.165) is 12.1 Å². The van der Waals surface area contributed by atoms with E-state index in [4.69, 9.17) is 4.74 Å². The Kier molecular flexibility index (Phi) is 3.22. The number of anilines is 1. The quantitative estimate of drug-likeness (QED) is 0.743. The minimum atomic E-state index is -0.0740. The van der Waals surface area contributed by atoms with Gasteiger partial charge in [0.15, 0.2) is 12.3 Å². The number of benzene rings is 1. The normalized spacial score (nSPS) is 16.6. The van der Waals surface area contributed by atoms with Crippen LogP contribution in [0.2, 0.25) is 0 Å². The number of para-hydroxylation sites is 1. The van der Waals surface area contributed by atoms with Crippen molar-refractivity contribution in [2.24, 2.45) is 0 Å². The molecule has 6 nitrogen and oxygen atoms in total. The topological polar surface area (TPSA) is 59.7 Å². The molecule has 116 valence electrons. The maximum atomic E-state index is 12.6. The molecule has 3 heterocycles. The molecule has 0 N–H and O–H groups in total. The van der Waals surface area contributed by atoms with Crippen molar-refractivity contribution < 1.29 is 9.53 Å². The molecule has 0 spiro atoms. The minimum absolute atomic E-state index is 0.0611. The lowest BCUT2D eigenvalue weighted by Crippen LogP contribution is -2.39. The Balaban J connectivity index is 1.52. The van der Waals surface area contributed by atoms with E-state index in [9.17, 15) is 4.79 Å². The molecular formula is C17H16N4O2. The highest BCUT2D eigenvalue weighted by molar-refractivity contribution is 5.97. The maximum Gasteiger partial charge on any atom is 0.322 e. The number of carbonyl (C=O) groups excluding carboxylic acids is 1. The van der Waals surface area contributed by atoms with Gasteiger partial charge in [0.2, 0.25) is 0 Å². The van der Waals surface area contributed by atoms with Crippen molar-refractivity contribution in [2.45, 2.75) is 19.4 Å². The number of hydrogen-bond acceptors (Lipinski definition) is 4. The third-order valence-corrected chi connectivity index (χ3v) is 4.08. The van der Waals surface area contributed by atoms with Gasteiger partial charge in [-0.05, 0) is 37.1 Å². The monoisotopic (exact) mass is 308 g/mol. The molecule has 0 saturated carbocycles. The molecule has 1 aromatic carbocycles. The number of rotatable bonds is 3. The fourth-order valence-corrected chi connectivity index (χ4v) is 3.06. The Bertz CT molecular complexity index is 874.